The molecule has 2 amide bonds. The highest BCUT2D eigenvalue weighted by atomic mass is 16.5. The number of fused-ring (bicyclic) bond motifs is 2. The Morgan fingerprint density at radius 2 is 1.75 bits per heavy atom. The van der Waals surface area contributed by atoms with Crippen molar-refractivity contribution in [2.75, 3.05) is 51.4 Å². The first kappa shape index (κ1) is 47.4. The van der Waals surface area contributed by atoms with Crippen LogP contribution in [0.1, 0.15) is 106 Å². The Hall–Kier alpha value is -6.72. The Balaban J connectivity index is 0.773. The van der Waals surface area contributed by atoms with Gasteiger partial charge in [-0.2, -0.15) is 10.4 Å². The molecule has 0 atom stereocenters. The first-order valence-corrected chi connectivity index (χ1v) is 24.5. The predicted molar refractivity (Wildman–Crippen MR) is 269 cm³/mol. The Labute approximate surface area is 405 Å². The van der Waals surface area contributed by atoms with E-state index in [1.165, 1.54) is 5.69 Å². The summed E-state index contributed by atoms with van der Waals surface area (Å²) in [7, 11) is 1.54. The zero-order valence-corrected chi connectivity index (χ0v) is 40.8. The Morgan fingerprint density at radius 3 is 2.45 bits per heavy atom. The monoisotopic (exact) mass is 932 g/mol. The van der Waals surface area contributed by atoms with Gasteiger partial charge in [0.1, 0.15) is 23.7 Å². The van der Waals surface area contributed by atoms with Crippen LogP contribution in [0.3, 0.4) is 0 Å². The standard InChI is InChI=1S/C55H65N9O5/c1-35(65)63-25-19-48-46(34-63)50(61-64(48)42-20-26-68-27-21-42)44-9-7-8-38-28-47(59-33-45(38)44)40(31-57)32-58-22-16-36-17-23-62(24-18-36)41-13-10-37(11-14-41)51(66)60-52-54(2,3)53(55(52,4)5)69-43-15-12-39(30-56)49(29-43)67-6/h7-15,28-29,31-33,36,42,52-53H,16-27,34,57H2,1-6H3,(H,60,66)/b40-31+,58-32?. The summed E-state index contributed by atoms with van der Waals surface area (Å²) in [5.74, 6) is 1.65. The topological polar surface area (TPSA) is 173 Å². The molecule has 9 rings (SSSR count). The summed E-state index contributed by atoms with van der Waals surface area (Å²) in [6.07, 6.45) is 10.9. The molecular weight excluding hydrogens is 867 g/mol. The van der Waals surface area contributed by atoms with Crippen molar-refractivity contribution in [1.29, 1.82) is 5.26 Å². The maximum Gasteiger partial charge on any atom is 0.251 e. The smallest absolute Gasteiger partial charge is 0.251 e. The van der Waals surface area contributed by atoms with Crippen LogP contribution in [0.15, 0.2) is 84.1 Å². The molecule has 14 nitrogen and oxygen atoms in total. The predicted octanol–water partition coefficient (Wildman–Crippen LogP) is 8.52. The van der Waals surface area contributed by atoms with Gasteiger partial charge >= 0.3 is 0 Å². The van der Waals surface area contributed by atoms with Gasteiger partial charge in [-0.05, 0) is 85.9 Å². The van der Waals surface area contributed by atoms with E-state index in [0.29, 0.717) is 48.2 Å². The third-order valence-electron chi connectivity index (χ3n) is 15.2. The fourth-order valence-electron chi connectivity index (χ4n) is 11.6. The maximum atomic E-state index is 13.6. The number of carbonyl (C=O) groups is 2. The van der Waals surface area contributed by atoms with Crippen LogP contribution in [0.4, 0.5) is 5.69 Å². The fraction of sp³-hybridized carbons (Fsp3) is 0.455. The molecule has 5 aromatic rings. The average Bonchev–Trinajstić information content (AvgIpc) is 3.76. The SMILES string of the molecule is COc1cc(OC2C(C)(C)C(NC(=O)c3ccc(N4CCC(CCN=C/C(=C\N)c5cc6cccc(-c7nn(C8CCOCC8)c8c7CN(C(C)=O)CC8)c6cn5)CC4)cc3)C2(C)C)ccc1C#N. The van der Waals surface area contributed by atoms with Crippen molar-refractivity contribution in [3.8, 4) is 28.8 Å². The number of anilines is 1. The van der Waals surface area contributed by atoms with Gasteiger partial charge in [-0.25, -0.2) is 0 Å². The molecular formula is C55H65N9O5. The molecule has 69 heavy (non-hydrogen) atoms. The van der Waals surface area contributed by atoms with Gasteiger partial charge < -0.3 is 35.1 Å². The van der Waals surface area contributed by atoms with Crippen molar-refractivity contribution < 1.29 is 23.8 Å². The molecule has 3 aliphatic heterocycles. The number of hydrogen-bond acceptors (Lipinski definition) is 11. The van der Waals surface area contributed by atoms with Gasteiger partial charge in [-0.15, -0.1) is 0 Å². The van der Waals surface area contributed by atoms with Crippen molar-refractivity contribution in [2.24, 2.45) is 27.5 Å². The number of carbonyl (C=O) groups excluding carboxylic acids is 2. The summed E-state index contributed by atoms with van der Waals surface area (Å²) in [4.78, 5) is 40.1. The number of nitriles is 1. The van der Waals surface area contributed by atoms with E-state index >= 15 is 0 Å². The highest BCUT2D eigenvalue weighted by molar-refractivity contribution is 6.10. The molecule has 1 saturated carbocycles. The summed E-state index contributed by atoms with van der Waals surface area (Å²) < 4.78 is 19.8. The van der Waals surface area contributed by atoms with Crippen molar-refractivity contribution in [2.45, 2.75) is 97.9 Å². The number of amides is 2. The highest BCUT2D eigenvalue weighted by Crippen LogP contribution is 2.56. The van der Waals surface area contributed by atoms with Crippen molar-refractivity contribution in [1.82, 2.24) is 25.0 Å². The molecule has 2 saturated heterocycles. The number of hydrogen-bond donors (Lipinski definition) is 2. The second-order valence-electron chi connectivity index (χ2n) is 20.3. The van der Waals surface area contributed by atoms with Crippen LogP contribution >= 0.6 is 0 Å². The second-order valence-corrected chi connectivity index (χ2v) is 20.3. The van der Waals surface area contributed by atoms with E-state index < -0.39 is 0 Å². The molecule has 3 N–H and O–H groups in total. The van der Waals surface area contributed by atoms with E-state index in [-0.39, 0.29) is 40.8 Å². The van der Waals surface area contributed by atoms with Gasteiger partial charge in [0.05, 0.1) is 30.1 Å². The van der Waals surface area contributed by atoms with E-state index in [0.717, 1.165) is 109 Å². The van der Waals surface area contributed by atoms with Gasteiger partial charge in [0.15, 0.2) is 0 Å². The summed E-state index contributed by atoms with van der Waals surface area (Å²) in [6.45, 7) is 15.4. The zero-order chi connectivity index (χ0) is 48.5. The van der Waals surface area contributed by atoms with Crippen molar-refractivity contribution in [3.05, 3.63) is 107 Å². The van der Waals surface area contributed by atoms with Gasteiger partial charge in [0.2, 0.25) is 5.91 Å². The number of piperidine rings is 1. The fourth-order valence-corrected chi connectivity index (χ4v) is 11.6. The molecule has 0 unspecified atom stereocenters. The van der Waals surface area contributed by atoms with Crippen LogP contribution in [-0.2, 0) is 22.5 Å². The molecule has 14 heteroatoms. The van der Waals surface area contributed by atoms with Gasteiger partial charge in [-0.1, -0.05) is 45.9 Å². The van der Waals surface area contributed by atoms with Crippen LogP contribution in [0.25, 0.3) is 27.6 Å². The van der Waals surface area contributed by atoms with E-state index in [4.69, 9.17) is 35.0 Å². The molecule has 1 aliphatic carbocycles. The highest BCUT2D eigenvalue weighted by Gasteiger charge is 2.64. The number of methoxy groups -OCH3 is 1. The number of aromatic nitrogens is 3. The van der Waals surface area contributed by atoms with Crippen LogP contribution < -0.4 is 25.4 Å². The molecule has 3 fully saturated rings. The number of ether oxygens (including phenoxy) is 3. The van der Waals surface area contributed by atoms with Crippen LogP contribution in [0.2, 0.25) is 0 Å². The summed E-state index contributed by atoms with van der Waals surface area (Å²) in [6, 6.07) is 23.9. The number of allylic oxidation sites excluding steroid dienone is 1. The number of nitrogens with one attached hydrogen (secondary N) is 1. The molecule has 0 spiro atoms. The van der Waals surface area contributed by atoms with E-state index in [2.05, 4.69) is 85.1 Å². The van der Waals surface area contributed by atoms with E-state index in [1.54, 1.807) is 38.4 Å². The molecule has 2 aromatic heterocycles. The average molecular weight is 932 g/mol. The summed E-state index contributed by atoms with van der Waals surface area (Å²) in [5, 5.41) is 20.0. The third-order valence-corrected chi connectivity index (χ3v) is 15.2. The lowest BCUT2D eigenvalue weighted by atomic mass is 9.49. The van der Waals surface area contributed by atoms with Crippen LogP contribution in [0.5, 0.6) is 11.5 Å². The van der Waals surface area contributed by atoms with Crippen LogP contribution in [0, 0.1) is 28.1 Å². The van der Waals surface area contributed by atoms with Crippen LogP contribution in [-0.4, -0.2) is 96.3 Å². The minimum absolute atomic E-state index is 0.0797. The van der Waals surface area contributed by atoms with E-state index in [1.807, 2.05) is 29.4 Å². The molecule has 0 bridgehead atoms. The summed E-state index contributed by atoms with van der Waals surface area (Å²) in [5.41, 5.74) is 13.5. The quantitative estimate of drug-likeness (QED) is 0.109. The van der Waals surface area contributed by atoms with Crippen molar-refractivity contribution in [3.63, 3.8) is 0 Å². The first-order valence-electron chi connectivity index (χ1n) is 24.5. The number of rotatable bonds is 13. The lowest BCUT2D eigenvalue weighted by Gasteiger charge is -2.63. The summed E-state index contributed by atoms with van der Waals surface area (Å²) >= 11 is 0. The Morgan fingerprint density at radius 1 is 1.00 bits per heavy atom. The zero-order valence-electron chi connectivity index (χ0n) is 40.8. The van der Waals surface area contributed by atoms with Gasteiger partial charge in [0.25, 0.3) is 5.91 Å². The minimum Gasteiger partial charge on any atom is -0.495 e. The minimum atomic E-state index is -0.347. The van der Waals surface area contributed by atoms with E-state index in [9.17, 15) is 14.9 Å². The first-order chi connectivity index (χ1) is 33.3. The number of nitrogens with two attached hydrogens (primary N) is 1. The lowest BCUT2D eigenvalue weighted by molar-refractivity contribution is -0.164. The number of benzene rings is 3. The number of aliphatic imine (C=N–C) groups is 1. The largest absolute Gasteiger partial charge is 0.495 e. The number of pyridine rings is 1. The molecule has 5 heterocycles. The number of nitrogens with zero attached hydrogens (tertiary/aromatic N) is 7. The Kier molecular flexibility index (Phi) is 13.5. The molecule has 3 aromatic carbocycles. The van der Waals surface area contributed by atoms with Crippen molar-refractivity contribution >= 4 is 40.1 Å². The van der Waals surface area contributed by atoms with Gasteiger partial charge in [-0.3, -0.25) is 24.2 Å². The van der Waals surface area contributed by atoms with Gasteiger partial charge in [0, 0.05) is 140 Å². The second kappa shape index (κ2) is 19.7. The third kappa shape index (κ3) is 9.41. The molecule has 4 aliphatic rings. The Bertz CT molecular complexity index is 2790. The molecule has 360 valence electrons. The molecule has 0 radical (unpaired) electrons. The maximum absolute atomic E-state index is 13.6. The normalized spacial score (nSPS) is 20.6. The lowest BCUT2D eigenvalue weighted by Crippen LogP contribution is -2.74.